The quantitative estimate of drug-likeness (QED) is 0.150. The van der Waals surface area contributed by atoms with Gasteiger partial charge in [0.1, 0.15) is 11.2 Å². The lowest BCUT2D eigenvalue weighted by molar-refractivity contribution is -0.120. The molecule has 2 N–H and O–H groups in total. The van der Waals surface area contributed by atoms with Crippen LogP contribution in [0.3, 0.4) is 0 Å². The van der Waals surface area contributed by atoms with Gasteiger partial charge in [0.05, 0.1) is 41.1 Å². The van der Waals surface area contributed by atoms with E-state index in [1.165, 1.54) is 7.11 Å². The van der Waals surface area contributed by atoms with Gasteiger partial charge in [-0.05, 0) is 97.4 Å². The van der Waals surface area contributed by atoms with Gasteiger partial charge in [0.15, 0.2) is 0 Å². The maximum atomic E-state index is 13.7. The molecule has 15 heteroatoms. The standard InChI is InChI=1S/C48H56Cl2N6O7/c1-47(2,3)62-45(59)55(26-29-18-23-40(57)51-29)25-28-17-21-38(54-44(28)61-7)35-14-9-12-32(43(35)50)31-11-8-13-34(42(31)49)37-22-20-33-36(53-37)15-10-16-39(33)56(46(60)63-48(4,5)6)27-30-19-24-41(58)52-30/h8-9,11-14,17,20-22,29-30,39H,10,15-16,18-19,23-27H2,1-7H3,(H,51,57)(H,52,58)/t29?,30-,39?/m0/s1. The van der Waals surface area contributed by atoms with Gasteiger partial charge < -0.3 is 29.7 Å². The number of aromatic nitrogens is 2. The highest BCUT2D eigenvalue weighted by atomic mass is 35.5. The number of hydrogen-bond acceptors (Lipinski definition) is 9. The van der Waals surface area contributed by atoms with Crippen LogP contribution in [0.2, 0.25) is 10.0 Å². The number of amides is 4. The molecule has 2 unspecified atom stereocenters. The molecule has 2 aromatic carbocycles. The highest BCUT2D eigenvalue weighted by Gasteiger charge is 2.36. The second-order valence-electron chi connectivity index (χ2n) is 18.4. The fourth-order valence-electron chi connectivity index (χ4n) is 8.42. The molecule has 63 heavy (non-hydrogen) atoms. The van der Waals surface area contributed by atoms with Crippen molar-refractivity contribution in [3.63, 3.8) is 0 Å². The number of fused-ring (bicyclic) bond motifs is 1. The molecular formula is C48H56Cl2N6O7. The fraction of sp³-hybridized carbons (Fsp3) is 0.458. The molecule has 3 aliphatic rings. The second kappa shape index (κ2) is 18.8. The fourth-order valence-corrected chi connectivity index (χ4v) is 9.07. The number of rotatable bonds is 11. The van der Waals surface area contributed by atoms with Crippen LogP contribution in [0.4, 0.5) is 9.59 Å². The number of aryl methyl sites for hydroxylation is 1. The van der Waals surface area contributed by atoms with Crippen molar-refractivity contribution in [3.05, 3.63) is 87.5 Å². The molecule has 2 aromatic heterocycles. The molecule has 4 amide bonds. The van der Waals surface area contributed by atoms with Gasteiger partial charge >= 0.3 is 12.2 Å². The second-order valence-corrected chi connectivity index (χ2v) is 19.2. The maximum absolute atomic E-state index is 13.7. The molecule has 4 heterocycles. The van der Waals surface area contributed by atoms with E-state index in [1.807, 2.05) is 102 Å². The summed E-state index contributed by atoms with van der Waals surface area (Å²) in [6.45, 7) is 11.8. The molecular weight excluding hydrogens is 843 g/mol. The van der Waals surface area contributed by atoms with Crippen LogP contribution in [0, 0.1) is 0 Å². The topological polar surface area (TPSA) is 152 Å². The lowest BCUT2D eigenvalue weighted by atomic mass is 9.89. The van der Waals surface area contributed by atoms with Gasteiger partial charge in [-0.1, -0.05) is 65.7 Å². The van der Waals surface area contributed by atoms with E-state index in [0.29, 0.717) is 81.8 Å². The average molecular weight is 900 g/mol. The Morgan fingerprint density at radius 3 is 1.79 bits per heavy atom. The Morgan fingerprint density at radius 1 is 0.698 bits per heavy atom. The minimum Gasteiger partial charge on any atom is -0.481 e. The average Bonchev–Trinajstić information content (AvgIpc) is 3.84. The zero-order valence-corrected chi connectivity index (χ0v) is 38.5. The van der Waals surface area contributed by atoms with Gasteiger partial charge in [0.2, 0.25) is 17.7 Å². The van der Waals surface area contributed by atoms with Crippen molar-refractivity contribution in [3.8, 4) is 39.5 Å². The molecule has 13 nitrogen and oxygen atoms in total. The number of carbonyl (C=O) groups excluding carboxylic acids is 4. The van der Waals surface area contributed by atoms with E-state index >= 15 is 0 Å². The Bertz CT molecular complexity index is 2400. The third kappa shape index (κ3) is 10.9. The number of pyridine rings is 2. The van der Waals surface area contributed by atoms with Crippen LogP contribution in [0.1, 0.15) is 103 Å². The van der Waals surface area contributed by atoms with Crippen LogP contribution in [0.15, 0.2) is 60.7 Å². The van der Waals surface area contributed by atoms with Crippen molar-refractivity contribution in [1.29, 1.82) is 0 Å². The van der Waals surface area contributed by atoms with Crippen LogP contribution in [-0.2, 0) is 32.0 Å². The molecule has 0 bridgehead atoms. The van der Waals surface area contributed by atoms with Crippen molar-refractivity contribution in [2.45, 2.75) is 122 Å². The Hall–Kier alpha value is -5.40. The van der Waals surface area contributed by atoms with Crippen molar-refractivity contribution in [1.82, 2.24) is 30.4 Å². The van der Waals surface area contributed by atoms with E-state index in [2.05, 4.69) is 10.6 Å². The zero-order valence-electron chi connectivity index (χ0n) is 37.0. The third-order valence-electron chi connectivity index (χ3n) is 11.3. The van der Waals surface area contributed by atoms with E-state index in [4.69, 9.17) is 47.4 Å². The van der Waals surface area contributed by atoms with Crippen LogP contribution >= 0.6 is 23.2 Å². The molecule has 0 radical (unpaired) electrons. The molecule has 7 rings (SSSR count). The first-order valence-corrected chi connectivity index (χ1v) is 22.3. The van der Waals surface area contributed by atoms with Crippen LogP contribution in [-0.4, -0.2) is 87.3 Å². The van der Waals surface area contributed by atoms with E-state index in [9.17, 15) is 19.2 Å². The normalized spacial score (nSPS) is 18.6. The Kier molecular flexibility index (Phi) is 13.6. The van der Waals surface area contributed by atoms with Crippen molar-refractivity contribution in [2.75, 3.05) is 20.2 Å². The molecule has 2 saturated heterocycles. The third-order valence-corrected chi connectivity index (χ3v) is 12.1. The minimum atomic E-state index is -0.713. The molecule has 3 atom stereocenters. The minimum absolute atomic E-state index is 0.00740. The first-order valence-electron chi connectivity index (χ1n) is 21.6. The van der Waals surface area contributed by atoms with Gasteiger partial charge in [-0.3, -0.25) is 19.5 Å². The molecule has 1 aliphatic carbocycles. The summed E-state index contributed by atoms with van der Waals surface area (Å²) in [5.41, 5.74) is 5.15. The number of methoxy groups -OCH3 is 1. The number of nitrogens with one attached hydrogen (secondary N) is 2. The predicted octanol–water partition coefficient (Wildman–Crippen LogP) is 9.70. The number of nitrogens with zero attached hydrogens (tertiary/aromatic N) is 4. The maximum Gasteiger partial charge on any atom is 0.410 e. The molecule has 334 valence electrons. The monoisotopic (exact) mass is 898 g/mol. The molecule has 4 aromatic rings. The van der Waals surface area contributed by atoms with Crippen LogP contribution in [0.5, 0.6) is 5.88 Å². The molecule has 0 spiro atoms. The summed E-state index contributed by atoms with van der Waals surface area (Å²) in [6.07, 6.45) is 3.52. The van der Waals surface area contributed by atoms with Crippen molar-refractivity contribution in [2.24, 2.45) is 0 Å². The summed E-state index contributed by atoms with van der Waals surface area (Å²) in [5.74, 6) is 0.271. The van der Waals surface area contributed by atoms with E-state index in [1.54, 1.807) is 9.80 Å². The van der Waals surface area contributed by atoms with Gasteiger partial charge in [-0.2, -0.15) is 0 Å². The smallest absolute Gasteiger partial charge is 0.410 e. The van der Waals surface area contributed by atoms with Crippen LogP contribution < -0.4 is 15.4 Å². The number of halogens is 2. The highest BCUT2D eigenvalue weighted by Crippen LogP contribution is 2.43. The largest absolute Gasteiger partial charge is 0.481 e. The Balaban J connectivity index is 1.15. The first kappa shape index (κ1) is 45.6. The SMILES string of the molecule is COc1nc(-c2cccc(-c3cccc(-c4ccc5c(n4)CCCC5N(C[C@@H]4CCC(=O)N4)C(=O)OC(C)(C)C)c3Cl)c2Cl)ccc1CN(CC1CCC(=O)N1)C(=O)OC(C)(C)C. The zero-order chi connectivity index (χ0) is 45.2. The number of carbonyl (C=O) groups is 4. The Labute approximate surface area is 379 Å². The number of hydrogen-bond donors (Lipinski definition) is 2. The van der Waals surface area contributed by atoms with Gasteiger partial charge in [0, 0.05) is 71.5 Å². The molecule has 2 aliphatic heterocycles. The lowest BCUT2D eigenvalue weighted by Gasteiger charge is -2.37. The van der Waals surface area contributed by atoms with Gasteiger partial charge in [-0.25, -0.2) is 14.6 Å². The van der Waals surface area contributed by atoms with E-state index in [0.717, 1.165) is 36.1 Å². The highest BCUT2D eigenvalue weighted by molar-refractivity contribution is 6.39. The molecule has 0 saturated carbocycles. The number of benzene rings is 2. The summed E-state index contributed by atoms with van der Waals surface area (Å²) >= 11 is 14.5. The van der Waals surface area contributed by atoms with Crippen molar-refractivity contribution < 1.29 is 33.4 Å². The summed E-state index contributed by atoms with van der Waals surface area (Å²) in [6, 6.07) is 18.5. The van der Waals surface area contributed by atoms with Gasteiger partial charge in [0.25, 0.3) is 0 Å². The summed E-state index contributed by atoms with van der Waals surface area (Å²) in [5, 5.41) is 6.86. The van der Waals surface area contributed by atoms with Crippen molar-refractivity contribution >= 4 is 47.2 Å². The van der Waals surface area contributed by atoms with E-state index < -0.39 is 23.4 Å². The van der Waals surface area contributed by atoms with E-state index in [-0.39, 0.29) is 43.0 Å². The molecule has 2 fully saturated rings. The summed E-state index contributed by atoms with van der Waals surface area (Å²) < 4.78 is 17.4. The summed E-state index contributed by atoms with van der Waals surface area (Å²) in [4.78, 5) is 64.4. The lowest BCUT2D eigenvalue weighted by Crippen LogP contribution is -2.46. The van der Waals surface area contributed by atoms with Gasteiger partial charge in [-0.15, -0.1) is 0 Å². The number of ether oxygens (including phenoxy) is 3. The predicted molar refractivity (Wildman–Crippen MR) is 243 cm³/mol. The summed E-state index contributed by atoms with van der Waals surface area (Å²) in [7, 11) is 1.52. The Morgan fingerprint density at radius 2 is 1.24 bits per heavy atom. The first-order chi connectivity index (χ1) is 29.9. The van der Waals surface area contributed by atoms with Crippen LogP contribution in [0.25, 0.3) is 33.6 Å².